The summed E-state index contributed by atoms with van der Waals surface area (Å²) in [6.07, 6.45) is -0.647. The van der Waals surface area contributed by atoms with Crippen LogP contribution >= 0.6 is 0 Å². The predicted molar refractivity (Wildman–Crippen MR) is 76.5 cm³/mol. The number of aldehydes is 1. The maximum atomic E-state index is 10.8. The van der Waals surface area contributed by atoms with E-state index in [1.165, 1.54) is 18.2 Å². The van der Waals surface area contributed by atoms with Gasteiger partial charge in [0.05, 0.1) is 6.61 Å². The summed E-state index contributed by atoms with van der Waals surface area (Å²) in [5.74, 6) is 0.299. The zero-order valence-electron chi connectivity index (χ0n) is 11.5. The van der Waals surface area contributed by atoms with Gasteiger partial charge >= 0.3 is 0 Å². The monoisotopic (exact) mass is 302 g/mol. The zero-order valence-corrected chi connectivity index (χ0v) is 11.5. The zero-order chi connectivity index (χ0) is 15.7. The van der Waals surface area contributed by atoms with E-state index in [0.717, 1.165) is 0 Å². The Hall–Kier alpha value is -2.73. The van der Waals surface area contributed by atoms with Crippen LogP contribution in [0.15, 0.2) is 36.4 Å². The van der Waals surface area contributed by atoms with Crippen LogP contribution in [0.1, 0.15) is 22.0 Å². The lowest BCUT2D eigenvalue weighted by molar-refractivity contribution is -0.0124. The van der Waals surface area contributed by atoms with Crippen molar-refractivity contribution in [2.45, 2.75) is 12.2 Å². The molecule has 0 radical (unpaired) electrons. The number of benzene rings is 2. The summed E-state index contributed by atoms with van der Waals surface area (Å²) in [6, 6.07) is 9.02. The Labute approximate surface area is 126 Å². The van der Waals surface area contributed by atoms with Crippen molar-refractivity contribution in [3.8, 4) is 23.0 Å². The minimum atomic E-state index is -0.696. The number of aliphatic hydroxyl groups is 1. The normalized spacial score (nSPS) is 19.7. The van der Waals surface area contributed by atoms with Crippen molar-refractivity contribution in [3.63, 3.8) is 0 Å². The van der Waals surface area contributed by atoms with Gasteiger partial charge in [0.2, 0.25) is 0 Å². The molecule has 0 fully saturated rings. The Morgan fingerprint density at radius 1 is 1.00 bits per heavy atom. The van der Waals surface area contributed by atoms with Gasteiger partial charge in [-0.05, 0) is 30.3 Å². The number of aliphatic hydroxyl groups excluding tert-OH is 1. The number of rotatable bonds is 3. The van der Waals surface area contributed by atoms with E-state index in [0.29, 0.717) is 28.9 Å². The highest BCUT2D eigenvalue weighted by Crippen LogP contribution is 2.41. The molecule has 1 aliphatic rings. The van der Waals surface area contributed by atoms with Crippen LogP contribution in [0.4, 0.5) is 0 Å². The molecule has 0 aromatic heterocycles. The van der Waals surface area contributed by atoms with Gasteiger partial charge in [-0.2, -0.15) is 0 Å². The molecule has 0 amide bonds. The topological polar surface area (TPSA) is 96.2 Å². The Morgan fingerprint density at radius 3 is 2.50 bits per heavy atom. The molecule has 1 aliphatic heterocycles. The largest absolute Gasteiger partial charge is 0.504 e. The highest BCUT2D eigenvalue weighted by molar-refractivity contribution is 5.76. The molecule has 2 atom stereocenters. The van der Waals surface area contributed by atoms with Crippen molar-refractivity contribution in [1.29, 1.82) is 0 Å². The van der Waals surface area contributed by atoms with Gasteiger partial charge < -0.3 is 24.8 Å². The van der Waals surface area contributed by atoms with Crippen LogP contribution in [0, 0.1) is 0 Å². The summed E-state index contributed by atoms with van der Waals surface area (Å²) in [5.41, 5.74) is 0.999. The summed E-state index contributed by atoms with van der Waals surface area (Å²) in [5, 5.41) is 28.5. The maximum absolute atomic E-state index is 10.8. The van der Waals surface area contributed by atoms with Crippen molar-refractivity contribution < 1.29 is 29.6 Å². The van der Waals surface area contributed by atoms with Crippen LogP contribution in [-0.2, 0) is 0 Å². The standard InChI is InChI=1S/C16H14O6/c17-7-9-1-4-13-14(5-9)21-15(8-18)16(22-13)10-2-3-11(19)12(20)6-10/h1-7,15-16,18-20H,8H2/t15-,16-/m1/s1. The molecule has 0 bridgehead atoms. The van der Waals surface area contributed by atoms with Crippen LogP contribution < -0.4 is 9.47 Å². The minimum Gasteiger partial charge on any atom is -0.504 e. The van der Waals surface area contributed by atoms with E-state index < -0.39 is 12.2 Å². The first kappa shape index (κ1) is 14.2. The SMILES string of the molecule is O=Cc1ccc2c(c1)O[C@H](CO)[C@@H](c1ccc(O)c(O)c1)O2. The Kier molecular flexibility index (Phi) is 3.60. The lowest BCUT2D eigenvalue weighted by Crippen LogP contribution is -2.36. The first-order valence-corrected chi connectivity index (χ1v) is 6.67. The third kappa shape index (κ3) is 2.44. The molecule has 6 nitrogen and oxygen atoms in total. The molecule has 1 heterocycles. The van der Waals surface area contributed by atoms with Gasteiger partial charge in [0, 0.05) is 11.1 Å². The molecular formula is C16H14O6. The molecule has 22 heavy (non-hydrogen) atoms. The van der Waals surface area contributed by atoms with Crippen molar-refractivity contribution in [3.05, 3.63) is 47.5 Å². The fourth-order valence-corrected chi connectivity index (χ4v) is 2.36. The Balaban J connectivity index is 1.97. The molecule has 2 aromatic rings. The van der Waals surface area contributed by atoms with Gasteiger partial charge in [-0.25, -0.2) is 0 Å². The van der Waals surface area contributed by atoms with Crippen molar-refractivity contribution >= 4 is 6.29 Å². The van der Waals surface area contributed by atoms with Gasteiger partial charge in [-0.15, -0.1) is 0 Å². The number of carbonyl (C=O) groups is 1. The summed E-state index contributed by atoms with van der Waals surface area (Å²) in [7, 11) is 0. The number of ether oxygens (including phenoxy) is 2. The molecule has 0 aliphatic carbocycles. The molecule has 0 unspecified atom stereocenters. The van der Waals surface area contributed by atoms with Crippen LogP contribution in [0.3, 0.4) is 0 Å². The second kappa shape index (κ2) is 5.57. The molecule has 0 spiro atoms. The van der Waals surface area contributed by atoms with Crippen LogP contribution in [0.25, 0.3) is 0 Å². The quantitative estimate of drug-likeness (QED) is 0.591. The molecular weight excluding hydrogens is 288 g/mol. The highest BCUT2D eigenvalue weighted by atomic mass is 16.6. The summed E-state index contributed by atoms with van der Waals surface area (Å²) in [6.45, 7) is -0.308. The molecule has 3 N–H and O–H groups in total. The summed E-state index contributed by atoms with van der Waals surface area (Å²) >= 11 is 0. The lowest BCUT2D eigenvalue weighted by atomic mass is 10.0. The number of hydrogen-bond donors (Lipinski definition) is 3. The fourth-order valence-electron chi connectivity index (χ4n) is 2.36. The predicted octanol–water partition coefficient (Wildman–Crippen LogP) is 1.78. The van der Waals surface area contributed by atoms with Crippen molar-refractivity contribution in [2.75, 3.05) is 6.61 Å². The molecule has 114 valence electrons. The third-order valence-electron chi connectivity index (χ3n) is 3.48. The summed E-state index contributed by atoms with van der Waals surface area (Å²) in [4.78, 5) is 10.8. The van der Waals surface area contributed by atoms with E-state index in [1.54, 1.807) is 18.2 Å². The van der Waals surface area contributed by atoms with Crippen LogP contribution in [0.5, 0.6) is 23.0 Å². The molecule has 3 rings (SSSR count). The molecule has 0 saturated heterocycles. The number of hydrogen-bond acceptors (Lipinski definition) is 6. The average molecular weight is 302 g/mol. The smallest absolute Gasteiger partial charge is 0.163 e. The van der Waals surface area contributed by atoms with Gasteiger partial charge in [-0.1, -0.05) is 6.07 Å². The minimum absolute atomic E-state index is 0.239. The van der Waals surface area contributed by atoms with E-state index in [2.05, 4.69) is 0 Å². The number of aromatic hydroxyl groups is 2. The highest BCUT2D eigenvalue weighted by Gasteiger charge is 2.33. The van der Waals surface area contributed by atoms with Gasteiger partial charge in [0.1, 0.15) is 6.29 Å². The third-order valence-corrected chi connectivity index (χ3v) is 3.48. The Bertz CT molecular complexity index is 712. The maximum Gasteiger partial charge on any atom is 0.163 e. The second-order valence-electron chi connectivity index (χ2n) is 4.95. The fraction of sp³-hybridized carbons (Fsp3) is 0.188. The first-order chi connectivity index (χ1) is 10.6. The van der Waals surface area contributed by atoms with E-state index in [9.17, 15) is 20.1 Å². The van der Waals surface area contributed by atoms with E-state index in [-0.39, 0.29) is 18.1 Å². The van der Waals surface area contributed by atoms with E-state index >= 15 is 0 Å². The Morgan fingerprint density at radius 2 is 1.82 bits per heavy atom. The molecule has 0 saturated carbocycles. The number of fused-ring (bicyclic) bond motifs is 1. The average Bonchev–Trinajstić information content (AvgIpc) is 2.55. The van der Waals surface area contributed by atoms with Crippen LogP contribution in [0.2, 0.25) is 0 Å². The number of phenols is 2. The lowest BCUT2D eigenvalue weighted by Gasteiger charge is -2.33. The number of phenolic OH excluding ortho intramolecular Hbond substituents is 2. The van der Waals surface area contributed by atoms with E-state index in [4.69, 9.17) is 9.47 Å². The first-order valence-electron chi connectivity index (χ1n) is 6.67. The molecule has 6 heteroatoms. The van der Waals surface area contributed by atoms with Gasteiger partial charge in [-0.3, -0.25) is 4.79 Å². The van der Waals surface area contributed by atoms with Gasteiger partial charge in [0.25, 0.3) is 0 Å². The second-order valence-corrected chi connectivity index (χ2v) is 4.95. The molecule has 2 aromatic carbocycles. The van der Waals surface area contributed by atoms with Crippen LogP contribution in [-0.4, -0.2) is 34.3 Å². The summed E-state index contributed by atoms with van der Waals surface area (Å²) < 4.78 is 11.5. The van der Waals surface area contributed by atoms with Crippen molar-refractivity contribution in [1.82, 2.24) is 0 Å². The van der Waals surface area contributed by atoms with E-state index in [1.807, 2.05) is 0 Å². The van der Waals surface area contributed by atoms with Gasteiger partial charge in [0.15, 0.2) is 35.2 Å². The number of carbonyl (C=O) groups excluding carboxylic acids is 1. The van der Waals surface area contributed by atoms with Crippen molar-refractivity contribution in [2.24, 2.45) is 0 Å².